The molecule has 3 aromatic rings. The summed E-state index contributed by atoms with van der Waals surface area (Å²) in [6.45, 7) is 2.35. The fourth-order valence-electron chi connectivity index (χ4n) is 5.19. The molecule has 0 bridgehead atoms. The number of carbonyl (C=O) groups excluding carboxylic acids is 2. The zero-order valence-electron chi connectivity index (χ0n) is 22.3. The van der Waals surface area contributed by atoms with Crippen LogP contribution >= 0.6 is 0 Å². The largest absolute Gasteiger partial charge is 0.493 e. The number of methoxy groups -OCH3 is 1. The summed E-state index contributed by atoms with van der Waals surface area (Å²) in [4.78, 5) is 31.3. The maximum Gasteiger partial charge on any atom is 0.471 e. The van der Waals surface area contributed by atoms with Crippen molar-refractivity contribution < 1.29 is 41.4 Å². The van der Waals surface area contributed by atoms with Gasteiger partial charge in [0.2, 0.25) is 0 Å². The lowest BCUT2D eigenvalue weighted by Gasteiger charge is -2.29. The Morgan fingerprint density at radius 3 is 2.56 bits per heavy atom. The normalized spacial score (nSPS) is 17.2. The standard InChI is InChI=1S/C29H27F4N3O5/c1-3-11-35(25-10-7-18(30)14-34-25)22-6-4-5-21-23(16-41-27(21)22)36(28(38)29(31,32)33)19-8-9-20-17(12-26(37)39-2)15-40-24(20)13-19/h4-10,13-14,17,23H,3,11-12,15-16H2,1-2H3/t17-,23-/m1/s1. The number of anilines is 3. The van der Waals surface area contributed by atoms with Crippen molar-refractivity contribution >= 4 is 29.1 Å². The van der Waals surface area contributed by atoms with E-state index in [1.54, 1.807) is 29.2 Å². The van der Waals surface area contributed by atoms with E-state index in [1.165, 1.54) is 31.4 Å². The summed E-state index contributed by atoms with van der Waals surface area (Å²) in [5.41, 5.74) is 1.54. The van der Waals surface area contributed by atoms with Crippen LogP contribution in [0.1, 0.15) is 42.9 Å². The molecule has 1 amide bonds. The predicted octanol–water partition coefficient (Wildman–Crippen LogP) is 5.84. The molecule has 2 aliphatic rings. The monoisotopic (exact) mass is 573 g/mol. The van der Waals surface area contributed by atoms with E-state index in [0.717, 1.165) is 6.20 Å². The minimum atomic E-state index is -5.17. The van der Waals surface area contributed by atoms with Gasteiger partial charge in [-0.15, -0.1) is 0 Å². The van der Waals surface area contributed by atoms with Gasteiger partial charge in [-0.05, 0) is 30.7 Å². The van der Waals surface area contributed by atoms with Crippen LogP contribution in [0.4, 0.5) is 34.8 Å². The first kappa shape index (κ1) is 28.2. The van der Waals surface area contributed by atoms with Crippen LogP contribution in [0.25, 0.3) is 0 Å². The van der Waals surface area contributed by atoms with Crippen LogP contribution < -0.4 is 19.3 Å². The molecule has 12 heteroatoms. The molecule has 8 nitrogen and oxygen atoms in total. The first-order valence-electron chi connectivity index (χ1n) is 13.0. The SMILES string of the molecule is CCCN(c1ccc(F)cn1)c1cccc2c1OC[C@H]2N(C(=O)C(F)(F)F)c1ccc2c(c1)OC[C@H]2CC(=O)OC. The average molecular weight is 574 g/mol. The number of benzene rings is 2. The minimum Gasteiger partial charge on any atom is -0.493 e. The van der Waals surface area contributed by atoms with Crippen LogP contribution in [0.5, 0.6) is 11.5 Å². The van der Waals surface area contributed by atoms with Gasteiger partial charge in [0.05, 0.1) is 38.1 Å². The molecule has 0 radical (unpaired) electrons. The van der Waals surface area contributed by atoms with E-state index in [9.17, 15) is 27.2 Å². The van der Waals surface area contributed by atoms with E-state index in [1.807, 2.05) is 6.92 Å². The molecule has 0 N–H and O–H groups in total. The molecule has 0 spiro atoms. The smallest absolute Gasteiger partial charge is 0.471 e. The van der Waals surface area contributed by atoms with Gasteiger partial charge in [-0.1, -0.05) is 25.1 Å². The lowest BCUT2D eigenvalue weighted by molar-refractivity contribution is -0.171. The lowest BCUT2D eigenvalue weighted by Crippen LogP contribution is -2.44. The van der Waals surface area contributed by atoms with E-state index < -0.39 is 29.9 Å². The van der Waals surface area contributed by atoms with Crippen molar-refractivity contribution in [2.75, 3.05) is 36.7 Å². The number of halogens is 4. The molecule has 5 rings (SSSR count). The molecule has 216 valence electrons. The van der Waals surface area contributed by atoms with Crippen molar-refractivity contribution in [2.24, 2.45) is 0 Å². The summed E-state index contributed by atoms with van der Waals surface area (Å²) in [5, 5.41) is 0. The van der Waals surface area contributed by atoms with E-state index in [2.05, 4.69) is 4.98 Å². The van der Waals surface area contributed by atoms with Gasteiger partial charge in [-0.3, -0.25) is 14.5 Å². The fraction of sp³-hybridized carbons (Fsp3) is 0.345. The van der Waals surface area contributed by atoms with Crippen LogP contribution in [-0.2, 0) is 14.3 Å². The van der Waals surface area contributed by atoms with E-state index in [0.29, 0.717) is 52.0 Å². The number of aromatic nitrogens is 1. The summed E-state index contributed by atoms with van der Waals surface area (Å²) in [7, 11) is 1.27. The molecule has 0 aliphatic carbocycles. The van der Waals surface area contributed by atoms with Gasteiger partial charge in [-0.2, -0.15) is 13.2 Å². The highest BCUT2D eigenvalue weighted by molar-refractivity contribution is 5.98. The molecule has 1 aromatic heterocycles. The predicted molar refractivity (Wildman–Crippen MR) is 141 cm³/mol. The minimum absolute atomic E-state index is 0.0257. The van der Waals surface area contributed by atoms with Crippen LogP contribution in [-0.4, -0.2) is 49.9 Å². The molecule has 0 fully saturated rings. The van der Waals surface area contributed by atoms with Gasteiger partial charge in [-0.25, -0.2) is 9.37 Å². The number of rotatable bonds is 8. The van der Waals surface area contributed by atoms with Gasteiger partial charge in [0.25, 0.3) is 0 Å². The number of para-hydroxylation sites is 1. The lowest BCUT2D eigenvalue weighted by atomic mass is 9.97. The zero-order chi connectivity index (χ0) is 29.3. The van der Waals surface area contributed by atoms with Gasteiger partial charge in [0.1, 0.15) is 29.7 Å². The van der Waals surface area contributed by atoms with Crippen LogP contribution in [0.15, 0.2) is 54.7 Å². The second-order valence-corrected chi connectivity index (χ2v) is 9.69. The van der Waals surface area contributed by atoms with Gasteiger partial charge < -0.3 is 19.1 Å². The van der Waals surface area contributed by atoms with Gasteiger partial charge in [0.15, 0.2) is 0 Å². The van der Waals surface area contributed by atoms with E-state index in [-0.39, 0.29) is 31.2 Å². The highest BCUT2D eigenvalue weighted by atomic mass is 19.4. The van der Waals surface area contributed by atoms with Crippen molar-refractivity contribution in [3.05, 3.63) is 71.7 Å². The Morgan fingerprint density at radius 1 is 1.07 bits per heavy atom. The Kier molecular flexibility index (Phi) is 7.74. The Hall–Kier alpha value is -4.35. The van der Waals surface area contributed by atoms with Crippen molar-refractivity contribution in [1.82, 2.24) is 4.98 Å². The molecular formula is C29H27F4N3O5. The fourth-order valence-corrected chi connectivity index (χ4v) is 5.19. The number of fused-ring (bicyclic) bond motifs is 2. The molecule has 0 saturated heterocycles. The van der Waals surface area contributed by atoms with Crippen molar-refractivity contribution in [3.63, 3.8) is 0 Å². The number of alkyl halides is 3. The number of hydrogen-bond acceptors (Lipinski definition) is 7. The maximum absolute atomic E-state index is 13.9. The molecule has 2 atom stereocenters. The molecule has 2 aromatic carbocycles. The summed E-state index contributed by atoms with van der Waals surface area (Å²) < 4.78 is 71.7. The average Bonchev–Trinajstić information content (AvgIpc) is 3.56. The quantitative estimate of drug-likeness (QED) is 0.248. The molecular weight excluding hydrogens is 546 g/mol. The van der Waals surface area contributed by atoms with E-state index in [4.69, 9.17) is 14.2 Å². The summed E-state index contributed by atoms with van der Waals surface area (Å²) in [6, 6.07) is 11.1. The Balaban J connectivity index is 1.54. The zero-order valence-corrected chi connectivity index (χ0v) is 22.3. The Morgan fingerprint density at radius 2 is 1.88 bits per heavy atom. The maximum atomic E-state index is 13.9. The molecule has 0 unspecified atom stereocenters. The van der Waals surface area contributed by atoms with Gasteiger partial charge in [0, 0.05) is 35.3 Å². The topological polar surface area (TPSA) is 81.2 Å². The summed E-state index contributed by atoms with van der Waals surface area (Å²) in [5.74, 6) is -2.27. The number of nitrogens with zero attached hydrogens (tertiary/aromatic N) is 3. The van der Waals surface area contributed by atoms with Crippen LogP contribution in [0.3, 0.4) is 0 Å². The molecule has 3 heterocycles. The Bertz CT molecular complexity index is 1450. The van der Waals surface area contributed by atoms with Crippen molar-refractivity contribution in [3.8, 4) is 11.5 Å². The third kappa shape index (κ3) is 5.50. The first-order valence-corrected chi connectivity index (χ1v) is 13.0. The Labute approximate surface area is 233 Å². The van der Waals surface area contributed by atoms with Crippen LogP contribution in [0.2, 0.25) is 0 Å². The number of pyridine rings is 1. The summed E-state index contributed by atoms with van der Waals surface area (Å²) >= 11 is 0. The second-order valence-electron chi connectivity index (χ2n) is 9.69. The van der Waals surface area contributed by atoms with Crippen molar-refractivity contribution in [1.29, 1.82) is 0 Å². The first-order chi connectivity index (χ1) is 19.6. The van der Waals surface area contributed by atoms with Crippen LogP contribution in [0, 0.1) is 5.82 Å². The number of carbonyl (C=O) groups is 2. The third-order valence-corrected chi connectivity index (χ3v) is 7.06. The highest BCUT2D eigenvalue weighted by Gasteiger charge is 2.48. The molecule has 41 heavy (non-hydrogen) atoms. The number of ether oxygens (including phenoxy) is 3. The number of esters is 1. The van der Waals surface area contributed by atoms with Crippen molar-refractivity contribution in [2.45, 2.75) is 37.9 Å². The number of hydrogen-bond donors (Lipinski definition) is 0. The summed E-state index contributed by atoms with van der Waals surface area (Å²) in [6.07, 6.45) is -3.34. The second kappa shape index (κ2) is 11.3. The van der Waals surface area contributed by atoms with Gasteiger partial charge >= 0.3 is 18.1 Å². The molecule has 2 aliphatic heterocycles. The third-order valence-electron chi connectivity index (χ3n) is 7.06. The highest BCUT2D eigenvalue weighted by Crippen LogP contribution is 2.48. The van der Waals surface area contributed by atoms with E-state index >= 15 is 0 Å². The number of amides is 1. The molecule has 0 saturated carbocycles.